The molecule has 31 heavy (non-hydrogen) atoms. The molecule has 2 aromatic rings. The zero-order chi connectivity index (χ0) is 23.3. The summed E-state index contributed by atoms with van der Waals surface area (Å²) in [5.74, 6) is -4.31. The summed E-state index contributed by atoms with van der Waals surface area (Å²) in [6.07, 6.45) is 0.543. The van der Waals surface area contributed by atoms with E-state index in [1.165, 1.54) is 18.2 Å². The van der Waals surface area contributed by atoms with Crippen molar-refractivity contribution in [3.8, 4) is 11.5 Å². The number of aryl methyl sites for hydroxylation is 1. The number of phenolic OH excluding ortho intramolecular Hbond substituents is 1. The highest BCUT2D eigenvalue weighted by Crippen LogP contribution is 2.31. The number of hydrogen-bond acceptors (Lipinski definition) is 8. The van der Waals surface area contributed by atoms with Gasteiger partial charge in [-0.1, -0.05) is 13.8 Å². The minimum Gasteiger partial charge on any atom is -0.507 e. The molecule has 2 N–H and O–H groups in total. The van der Waals surface area contributed by atoms with Crippen LogP contribution in [0.3, 0.4) is 0 Å². The number of esters is 3. The second-order valence-electron chi connectivity index (χ2n) is 6.38. The first kappa shape index (κ1) is 23.4. The maximum absolute atomic E-state index is 12.8. The van der Waals surface area contributed by atoms with Crippen molar-refractivity contribution in [1.29, 1.82) is 0 Å². The molecule has 0 atom stereocenters. The van der Waals surface area contributed by atoms with E-state index in [1.807, 2.05) is 0 Å². The second kappa shape index (κ2) is 9.75. The highest BCUT2D eigenvalue weighted by molar-refractivity contribution is 6.06. The van der Waals surface area contributed by atoms with Crippen molar-refractivity contribution >= 4 is 23.9 Å². The van der Waals surface area contributed by atoms with Crippen molar-refractivity contribution in [2.75, 3.05) is 14.2 Å². The highest BCUT2D eigenvalue weighted by Gasteiger charge is 2.27. The van der Waals surface area contributed by atoms with E-state index in [-0.39, 0.29) is 45.7 Å². The standard InChI is InChI=1S/C22H22O9/c1-5-11-9-16(17(19(24)25)13(6-2)18(11)23)22(28)31-12-7-8-14(20(26)29-3)15(10-12)21(27)30-4/h7-10,23H,5-6H2,1-4H3,(H,24,25). The number of aromatic carboxylic acids is 1. The molecule has 9 heteroatoms. The van der Waals surface area contributed by atoms with Gasteiger partial charge in [-0.2, -0.15) is 0 Å². The molecule has 2 aromatic carbocycles. The Bertz CT molecular complexity index is 1050. The summed E-state index contributed by atoms with van der Waals surface area (Å²) >= 11 is 0. The Morgan fingerprint density at radius 1 is 0.839 bits per heavy atom. The van der Waals surface area contributed by atoms with Gasteiger partial charge in [0.2, 0.25) is 0 Å². The predicted octanol–water partition coefficient (Wildman–Crippen LogP) is 3.01. The maximum Gasteiger partial charge on any atom is 0.344 e. The molecule has 0 amide bonds. The van der Waals surface area contributed by atoms with Gasteiger partial charge in [0.1, 0.15) is 11.5 Å². The molecule has 0 aromatic heterocycles. The first-order chi connectivity index (χ1) is 14.7. The number of phenols is 1. The van der Waals surface area contributed by atoms with Crippen molar-refractivity contribution in [2.45, 2.75) is 26.7 Å². The number of carboxylic acid groups (broad SMARTS) is 1. The van der Waals surface area contributed by atoms with Crippen LogP contribution >= 0.6 is 0 Å². The van der Waals surface area contributed by atoms with E-state index in [0.29, 0.717) is 12.0 Å². The lowest BCUT2D eigenvalue weighted by molar-refractivity contribution is 0.0554. The van der Waals surface area contributed by atoms with Crippen LogP contribution < -0.4 is 4.74 Å². The molecule has 0 radical (unpaired) electrons. The number of benzene rings is 2. The molecule has 0 unspecified atom stereocenters. The van der Waals surface area contributed by atoms with Crippen molar-refractivity contribution in [3.63, 3.8) is 0 Å². The van der Waals surface area contributed by atoms with E-state index in [0.717, 1.165) is 20.3 Å². The Morgan fingerprint density at radius 2 is 1.45 bits per heavy atom. The average molecular weight is 430 g/mol. The number of hydrogen-bond donors (Lipinski definition) is 2. The summed E-state index contributed by atoms with van der Waals surface area (Å²) in [5.41, 5.74) is -0.365. The summed E-state index contributed by atoms with van der Waals surface area (Å²) in [6.45, 7) is 3.41. The molecule has 0 heterocycles. The topological polar surface area (TPSA) is 136 Å². The van der Waals surface area contributed by atoms with Gasteiger partial charge in [-0.05, 0) is 42.7 Å². The van der Waals surface area contributed by atoms with Gasteiger partial charge in [0.05, 0.1) is 36.5 Å². The third kappa shape index (κ3) is 4.66. The summed E-state index contributed by atoms with van der Waals surface area (Å²) in [4.78, 5) is 48.6. The van der Waals surface area contributed by atoms with E-state index in [9.17, 15) is 29.4 Å². The summed E-state index contributed by atoms with van der Waals surface area (Å²) in [7, 11) is 2.27. The number of methoxy groups -OCH3 is 2. The van der Waals surface area contributed by atoms with Gasteiger partial charge < -0.3 is 24.4 Å². The normalized spacial score (nSPS) is 10.3. The quantitative estimate of drug-likeness (QED) is 0.501. The minimum absolute atomic E-state index is 0.0912. The molecule has 0 aliphatic heterocycles. The molecule has 2 rings (SSSR count). The van der Waals surface area contributed by atoms with Crippen LogP contribution in [0, 0.1) is 0 Å². The maximum atomic E-state index is 12.8. The Morgan fingerprint density at radius 3 is 1.97 bits per heavy atom. The van der Waals surface area contributed by atoms with Crippen LogP contribution in [0.25, 0.3) is 0 Å². The number of ether oxygens (including phenoxy) is 3. The van der Waals surface area contributed by atoms with Crippen molar-refractivity contribution < 1.29 is 43.6 Å². The molecule has 0 aliphatic carbocycles. The van der Waals surface area contributed by atoms with Gasteiger partial charge >= 0.3 is 23.9 Å². The SMILES string of the molecule is CCc1cc(C(=O)Oc2ccc(C(=O)OC)c(C(=O)OC)c2)c(C(=O)O)c(CC)c1O. The zero-order valence-electron chi connectivity index (χ0n) is 17.5. The van der Waals surface area contributed by atoms with Crippen molar-refractivity contribution in [2.24, 2.45) is 0 Å². The molecule has 164 valence electrons. The van der Waals surface area contributed by atoms with E-state index < -0.39 is 23.9 Å². The predicted molar refractivity (Wildman–Crippen MR) is 108 cm³/mol. The number of carbonyl (C=O) groups excluding carboxylic acids is 3. The van der Waals surface area contributed by atoms with Crippen LogP contribution in [0.1, 0.15) is 66.4 Å². The Hall–Kier alpha value is -3.88. The highest BCUT2D eigenvalue weighted by atomic mass is 16.5. The molecule has 0 spiro atoms. The summed E-state index contributed by atoms with van der Waals surface area (Å²) < 4.78 is 14.6. The molecule has 9 nitrogen and oxygen atoms in total. The van der Waals surface area contributed by atoms with E-state index >= 15 is 0 Å². The van der Waals surface area contributed by atoms with Gasteiger partial charge in [0.15, 0.2) is 0 Å². The Balaban J connectivity index is 2.56. The molecule has 0 saturated heterocycles. The lowest BCUT2D eigenvalue weighted by Crippen LogP contribution is -2.18. The minimum atomic E-state index is -1.39. The number of aromatic hydroxyl groups is 1. The number of carbonyl (C=O) groups is 4. The second-order valence-corrected chi connectivity index (χ2v) is 6.38. The zero-order valence-corrected chi connectivity index (χ0v) is 17.5. The molecule has 0 saturated carbocycles. The van der Waals surface area contributed by atoms with E-state index in [2.05, 4.69) is 9.47 Å². The molecule has 0 fully saturated rings. The number of carboxylic acids is 1. The first-order valence-electron chi connectivity index (χ1n) is 9.33. The molecular formula is C22H22O9. The largest absolute Gasteiger partial charge is 0.507 e. The van der Waals surface area contributed by atoms with Crippen molar-refractivity contribution in [1.82, 2.24) is 0 Å². The fraction of sp³-hybridized carbons (Fsp3) is 0.273. The Labute approximate surface area is 178 Å². The monoisotopic (exact) mass is 430 g/mol. The Kier molecular flexibility index (Phi) is 7.36. The van der Waals surface area contributed by atoms with E-state index in [1.54, 1.807) is 13.8 Å². The fourth-order valence-corrected chi connectivity index (χ4v) is 3.12. The molecule has 0 aliphatic rings. The van der Waals surface area contributed by atoms with Gasteiger partial charge in [0.25, 0.3) is 0 Å². The van der Waals surface area contributed by atoms with Crippen LogP contribution in [0.4, 0.5) is 0 Å². The lowest BCUT2D eigenvalue weighted by atomic mass is 9.93. The van der Waals surface area contributed by atoms with Gasteiger partial charge in [0, 0.05) is 5.56 Å². The summed E-state index contributed by atoms with van der Waals surface area (Å²) in [6, 6.07) is 4.88. The van der Waals surface area contributed by atoms with Gasteiger partial charge in [-0.25, -0.2) is 19.2 Å². The van der Waals surface area contributed by atoms with Gasteiger partial charge in [-0.15, -0.1) is 0 Å². The molecular weight excluding hydrogens is 408 g/mol. The summed E-state index contributed by atoms with van der Waals surface area (Å²) in [5, 5.41) is 20.0. The van der Waals surface area contributed by atoms with Crippen LogP contribution in [-0.4, -0.2) is 48.3 Å². The van der Waals surface area contributed by atoms with Crippen molar-refractivity contribution in [3.05, 3.63) is 57.6 Å². The molecule has 0 bridgehead atoms. The first-order valence-corrected chi connectivity index (χ1v) is 9.33. The van der Waals surface area contributed by atoms with Crippen LogP contribution in [0.5, 0.6) is 11.5 Å². The smallest absolute Gasteiger partial charge is 0.344 e. The van der Waals surface area contributed by atoms with Crippen LogP contribution in [0.2, 0.25) is 0 Å². The van der Waals surface area contributed by atoms with Crippen LogP contribution in [0.15, 0.2) is 24.3 Å². The number of rotatable bonds is 7. The lowest BCUT2D eigenvalue weighted by Gasteiger charge is -2.15. The average Bonchev–Trinajstić information content (AvgIpc) is 2.77. The van der Waals surface area contributed by atoms with E-state index in [4.69, 9.17) is 4.74 Å². The fourth-order valence-electron chi connectivity index (χ4n) is 3.12. The third-order valence-corrected chi connectivity index (χ3v) is 4.66. The van der Waals surface area contributed by atoms with Crippen LogP contribution in [-0.2, 0) is 22.3 Å². The van der Waals surface area contributed by atoms with Gasteiger partial charge in [-0.3, -0.25) is 0 Å². The third-order valence-electron chi connectivity index (χ3n) is 4.66.